The molecule has 0 radical (unpaired) electrons. The van der Waals surface area contributed by atoms with Crippen LogP contribution < -0.4 is 15.6 Å². The maximum atomic E-state index is 13.2. The first kappa shape index (κ1) is 23.0. The molecular weight excluding hydrogens is 460 g/mol. The van der Waals surface area contributed by atoms with E-state index in [0.717, 1.165) is 25.7 Å². The van der Waals surface area contributed by atoms with Gasteiger partial charge in [0.15, 0.2) is 5.65 Å². The summed E-state index contributed by atoms with van der Waals surface area (Å²) < 4.78 is 32.4. The summed E-state index contributed by atoms with van der Waals surface area (Å²) in [5, 5.41) is 6.07. The van der Waals surface area contributed by atoms with E-state index in [2.05, 4.69) is 15.4 Å². The van der Waals surface area contributed by atoms with Crippen LogP contribution in [0.4, 0.5) is 20.2 Å². The number of nitrogens with one attached hydrogen (secondary N) is 2. The van der Waals surface area contributed by atoms with Crippen LogP contribution in [0.3, 0.4) is 0 Å². The molecule has 2 aromatic heterocycles. The number of alkyl halides is 2. The molecule has 1 aromatic carbocycles. The first-order chi connectivity index (χ1) is 16.8. The highest BCUT2D eigenvalue weighted by Crippen LogP contribution is 2.34. The molecule has 3 heterocycles. The number of anilines is 2. The number of fused-ring (bicyclic) bond motifs is 1. The number of aromatic nitrogens is 3. The lowest BCUT2D eigenvalue weighted by atomic mass is 10.1. The molecule has 1 amide bonds. The number of Topliss-reactive ketones (excluding diaryl/α,β-unsaturated/α-hetero) is 1. The number of rotatable bonds is 8. The van der Waals surface area contributed by atoms with E-state index in [-0.39, 0.29) is 57.6 Å². The lowest BCUT2D eigenvalue weighted by Gasteiger charge is -2.18. The number of hydrogen-bond donors (Lipinski definition) is 2. The Hall–Kier alpha value is -3.76. The predicted octanol–water partition coefficient (Wildman–Crippen LogP) is 3.36. The van der Waals surface area contributed by atoms with Gasteiger partial charge >= 0.3 is 6.61 Å². The Kier molecular flexibility index (Phi) is 6.00. The van der Waals surface area contributed by atoms with Crippen molar-refractivity contribution >= 4 is 34.1 Å². The fourth-order valence-corrected chi connectivity index (χ4v) is 4.39. The number of amides is 1. The first-order valence-electron chi connectivity index (χ1n) is 11.6. The number of halogens is 2. The molecule has 2 aliphatic rings. The zero-order chi connectivity index (χ0) is 24.7. The molecule has 11 heteroatoms. The molecule has 0 spiro atoms. The van der Waals surface area contributed by atoms with Gasteiger partial charge in [-0.2, -0.15) is 8.78 Å². The molecule has 3 aromatic rings. The van der Waals surface area contributed by atoms with Gasteiger partial charge in [0, 0.05) is 38.0 Å². The highest BCUT2D eigenvalue weighted by atomic mass is 19.3. The molecule has 2 fully saturated rings. The van der Waals surface area contributed by atoms with Crippen molar-refractivity contribution < 1.29 is 23.1 Å². The summed E-state index contributed by atoms with van der Waals surface area (Å²) in [5.41, 5.74) is 1.05. The number of ketones is 1. The van der Waals surface area contributed by atoms with Crippen molar-refractivity contribution in [3.8, 4) is 5.75 Å². The number of likely N-dealkylation sites (tertiary alicyclic amines) is 1. The van der Waals surface area contributed by atoms with Gasteiger partial charge in [-0.1, -0.05) is 0 Å². The van der Waals surface area contributed by atoms with Crippen LogP contribution in [0.5, 0.6) is 5.75 Å². The van der Waals surface area contributed by atoms with Crippen LogP contribution in [-0.2, 0) is 18.3 Å². The van der Waals surface area contributed by atoms with Crippen LogP contribution in [0.2, 0.25) is 0 Å². The topological polar surface area (TPSA) is 109 Å². The SMILES string of the molecule is Cn1[nH]c2nc(CC(=O)C3CC3)cc(Nc3ccc(C(=O)N4CCCC4)cc3OC(F)F)c2c1=O. The van der Waals surface area contributed by atoms with Crippen molar-refractivity contribution in [1.29, 1.82) is 0 Å². The van der Waals surface area contributed by atoms with Gasteiger partial charge in [0.2, 0.25) is 0 Å². The van der Waals surface area contributed by atoms with Gasteiger partial charge in [-0.05, 0) is 49.9 Å². The van der Waals surface area contributed by atoms with E-state index in [1.54, 1.807) is 11.0 Å². The Labute approximate surface area is 199 Å². The average molecular weight is 485 g/mol. The highest BCUT2D eigenvalue weighted by Gasteiger charge is 2.30. The number of aryl methyl sites for hydroxylation is 1. The number of aromatic amines is 1. The minimum absolute atomic E-state index is 0.0467. The number of hydrogen-bond acceptors (Lipinski definition) is 6. The molecule has 35 heavy (non-hydrogen) atoms. The summed E-state index contributed by atoms with van der Waals surface area (Å²) in [6.45, 7) is -1.87. The van der Waals surface area contributed by atoms with Crippen LogP contribution in [0.25, 0.3) is 11.0 Å². The number of benzene rings is 1. The fourth-order valence-electron chi connectivity index (χ4n) is 4.39. The van der Waals surface area contributed by atoms with Gasteiger partial charge in [0.05, 0.1) is 17.1 Å². The van der Waals surface area contributed by atoms with Crippen LogP contribution in [0.15, 0.2) is 29.1 Å². The smallest absolute Gasteiger partial charge is 0.387 e. The summed E-state index contributed by atoms with van der Waals surface area (Å²) in [7, 11) is 1.53. The summed E-state index contributed by atoms with van der Waals surface area (Å²) in [6, 6.07) is 5.86. The van der Waals surface area contributed by atoms with Gasteiger partial charge < -0.3 is 15.0 Å². The minimum atomic E-state index is -3.11. The van der Waals surface area contributed by atoms with Crippen LogP contribution in [0, 0.1) is 5.92 Å². The Morgan fingerprint density at radius 1 is 1.20 bits per heavy atom. The van der Waals surface area contributed by atoms with Gasteiger partial charge in [0.1, 0.15) is 16.9 Å². The zero-order valence-corrected chi connectivity index (χ0v) is 19.1. The second-order valence-corrected chi connectivity index (χ2v) is 8.99. The second kappa shape index (κ2) is 9.12. The third kappa shape index (κ3) is 4.75. The van der Waals surface area contributed by atoms with Gasteiger partial charge in [-0.25, -0.2) is 4.98 Å². The molecule has 5 rings (SSSR count). The van der Waals surface area contributed by atoms with Gasteiger partial charge in [-0.15, -0.1) is 0 Å². The molecule has 1 saturated carbocycles. The van der Waals surface area contributed by atoms with E-state index in [4.69, 9.17) is 4.74 Å². The van der Waals surface area contributed by atoms with E-state index in [1.165, 1.54) is 29.9 Å². The van der Waals surface area contributed by atoms with Gasteiger partial charge in [-0.3, -0.25) is 24.2 Å². The molecular formula is C24H25F2N5O4. The largest absolute Gasteiger partial charge is 0.433 e. The Balaban J connectivity index is 1.52. The van der Waals surface area contributed by atoms with E-state index in [1.807, 2.05) is 0 Å². The molecule has 9 nitrogen and oxygen atoms in total. The molecule has 1 saturated heterocycles. The van der Waals surface area contributed by atoms with Crippen LogP contribution in [0.1, 0.15) is 41.7 Å². The number of ether oxygens (including phenoxy) is 1. The van der Waals surface area contributed by atoms with E-state index in [9.17, 15) is 23.2 Å². The van der Waals surface area contributed by atoms with Crippen molar-refractivity contribution in [2.24, 2.45) is 13.0 Å². The molecule has 0 unspecified atom stereocenters. The molecule has 2 N–H and O–H groups in total. The highest BCUT2D eigenvalue weighted by molar-refractivity contribution is 5.97. The van der Waals surface area contributed by atoms with E-state index in [0.29, 0.717) is 24.5 Å². The molecule has 0 atom stereocenters. The number of carbonyl (C=O) groups is 2. The van der Waals surface area contributed by atoms with Crippen molar-refractivity contribution in [3.63, 3.8) is 0 Å². The summed E-state index contributed by atoms with van der Waals surface area (Å²) in [6.07, 6.45) is 3.65. The van der Waals surface area contributed by atoms with Crippen molar-refractivity contribution in [3.05, 3.63) is 45.9 Å². The summed E-state index contributed by atoms with van der Waals surface area (Å²) in [5.74, 6) is -0.351. The summed E-state index contributed by atoms with van der Waals surface area (Å²) in [4.78, 5) is 43.9. The number of pyridine rings is 1. The number of nitrogens with zero attached hydrogens (tertiary/aromatic N) is 3. The third-order valence-electron chi connectivity index (χ3n) is 6.36. The monoisotopic (exact) mass is 485 g/mol. The summed E-state index contributed by atoms with van der Waals surface area (Å²) >= 11 is 0. The lowest BCUT2D eigenvalue weighted by molar-refractivity contribution is -0.119. The van der Waals surface area contributed by atoms with Crippen molar-refractivity contribution in [2.75, 3.05) is 18.4 Å². The second-order valence-electron chi connectivity index (χ2n) is 8.99. The standard InChI is InChI=1S/C24H25F2N5O4/c1-30-23(34)20-17(11-15(27-21(20)29-30)12-18(32)13-4-5-13)28-16-7-6-14(10-19(16)35-24(25)26)22(33)31-8-2-3-9-31/h6-7,10-11,13,24H,2-5,8-9,12H2,1H3,(H2,27,28,29). The van der Waals surface area contributed by atoms with E-state index >= 15 is 0 Å². The quantitative estimate of drug-likeness (QED) is 0.507. The van der Waals surface area contributed by atoms with Crippen LogP contribution in [-0.4, -0.2) is 51.1 Å². The molecule has 1 aliphatic carbocycles. The number of carbonyl (C=O) groups excluding carboxylic acids is 2. The molecule has 0 bridgehead atoms. The maximum Gasteiger partial charge on any atom is 0.387 e. The molecule has 1 aliphatic heterocycles. The van der Waals surface area contributed by atoms with Crippen LogP contribution >= 0.6 is 0 Å². The fraction of sp³-hybridized carbons (Fsp3) is 0.417. The Bertz CT molecular complexity index is 1360. The number of H-pyrrole nitrogens is 1. The Morgan fingerprint density at radius 3 is 2.63 bits per heavy atom. The maximum absolute atomic E-state index is 13.2. The Morgan fingerprint density at radius 2 is 1.94 bits per heavy atom. The average Bonchev–Trinajstić information content (AvgIpc) is 3.45. The first-order valence-corrected chi connectivity index (χ1v) is 11.6. The van der Waals surface area contributed by atoms with Crippen molar-refractivity contribution in [2.45, 2.75) is 38.7 Å². The lowest BCUT2D eigenvalue weighted by Crippen LogP contribution is -2.27. The third-order valence-corrected chi connectivity index (χ3v) is 6.36. The predicted molar refractivity (Wildman–Crippen MR) is 124 cm³/mol. The van der Waals surface area contributed by atoms with E-state index < -0.39 is 6.61 Å². The van der Waals surface area contributed by atoms with Gasteiger partial charge in [0.25, 0.3) is 11.5 Å². The zero-order valence-electron chi connectivity index (χ0n) is 19.1. The van der Waals surface area contributed by atoms with Crippen molar-refractivity contribution in [1.82, 2.24) is 19.7 Å². The molecule has 184 valence electrons. The minimum Gasteiger partial charge on any atom is -0.433 e. The normalized spacial score (nSPS) is 15.7.